The number of carboxylic acids is 3. The predicted molar refractivity (Wildman–Crippen MR) is 362 cm³/mol. The van der Waals surface area contributed by atoms with E-state index in [1.165, 1.54) is 32.1 Å². The van der Waals surface area contributed by atoms with E-state index in [2.05, 4.69) is 68.2 Å². The number of aliphatic hydroxyl groups is 1. The van der Waals surface area contributed by atoms with Gasteiger partial charge in [0.2, 0.25) is 0 Å². The van der Waals surface area contributed by atoms with Crippen molar-refractivity contribution in [1.82, 2.24) is 0 Å². The first-order valence-electron chi connectivity index (χ1n) is 35.3. The topological polar surface area (TPSA) is 228 Å². The molecule has 0 spiro atoms. The number of aliphatic carboxylic acids is 3. The fourth-order valence-corrected chi connectivity index (χ4v) is 11.5. The van der Waals surface area contributed by atoms with Crippen molar-refractivity contribution in [3.8, 4) is 0 Å². The van der Waals surface area contributed by atoms with E-state index in [1.54, 1.807) is 0 Å². The molecule has 14 heteroatoms. The molecule has 510 valence electrons. The minimum absolute atomic E-state index is 0.0172. The molecule has 2 fully saturated rings. The van der Waals surface area contributed by atoms with Crippen molar-refractivity contribution < 1.29 is 68.2 Å². The number of carbonyl (C=O) groups is 7. The van der Waals surface area contributed by atoms with Gasteiger partial charge in [0.05, 0.1) is 42.6 Å². The van der Waals surface area contributed by atoms with Gasteiger partial charge in [-0.05, 0) is 120 Å². The van der Waals surface area contributed by atoms with E-state index in [0.717, 1.165) is 198 Å². The van der Waals surface area contributed by atoms with Gasteiger partial charge in [0.15, 0.2) is 0 Å². The molecule has 1 aliphatic carbocycles. The van der Waals surface area contributed by atoms with E-state index in [0.29, 0.717) is 24.5 Å². The highest BCUT2D eigenvalue weighted by molar-refractivity contribution is 5.95. The molecule has 4 N–H and O–H groups in total. The zero-order valence-corrected chi connectivity index (χ0v) is 56.3. The second-order valence-electron chi connectivity index (χ2n) is 25.1. The molecule has 0 bridgehead atoms. The van der Waals surface area contributed by atoms with Gasteiger partial charge in [0.25, 0.3) is 0 Å². The van der Waals surface area contributed by atoms with E-state index >= 15 is 0 Å². The second kappa shape index (κ2) is 54.9. The third-order valence-corrected chi connectivity index (χ3v) is 17.4. The first kappa shape index (κ1) is 82.2. The second-order valence-corrected chi connectivity index (χ2v) is 25.1. The zero-order chi connectivity index (χ0) is 66.4. The number of hydrogen-bond donors (Lipinski definition) is 4. The number of carbonyl (C=O) groups excluding carboxylic acids is 4. The van der Waals surface area contributed by atoms with Crippen LogP contribution in [-0.4, -0.2) is 74.7 Å². The Morgan fingerprint density at radius 2 is 1.08 bits per heavy atom. The Hall–Kier alpha value is -5.79. The summed E-state index contributed by atoms with van der Waals surface area (Å²) in [6, 6.07) is 0. The number of ketones is 1. The highest BCUT2D eigenvalue weighted by atomic mass is 16.6. The van der Waals surface area contributed by atoms with Gasteiger partial charge < -0.3 is 34.6 Å². The van der Waals surface area contributed by atoms with Gasteiger partial charge >= 0.3 is 35.8 Å². The maximum Gasteiger partial charge on any atom is 0.317 e. The van der Waals surface area contributed by atoms with Crippen LogP contribution in [0, 0.1) is 41.4 Å². The number of rotatable bonds is 57. The van der Waals surface area contributed by atoms with Gasteiger partial charge in [-0.15, -0.1) is 0 Å². The molecule has 0 aromatic carbocycles. The van der Waals surface area contributed by atoms with Gasteiger partial charge in [0, 0.05) is 31.1 Å². The highest BCUT2D eigenvalue weighted by Crippen LogP contribution is 2.32. The van der Waals surface area contributed by atoms with Crippen molar-refractivity contribution in [3.05, 3.63) is 97.6 Å². The average molecular weight is 1260 g/mol. The van der Waals surface area contributed by atoms with Crippen molar-refractivity contribution in [2.45, 2.75) is 291 Å². The molecule has 1 saturated carbocycles. The van der Waals surface area contributed by atoms with Crippen LogP contribution in [-0.2, 0) is 47.8 Å². The van der Waals surface area contributed by atoms with Crippen molar-refractivity contribution in [2.75, 3.05) is 6.61 Å². The Bertz CT molecular complexity index is 2200. The normalized spacial score (nSPS) is 16.5. The predicted octanol–water partition coefficient (Wildman–Crippen LogP) is 19.7. The monoisotopic (exact) mass is 1260 g/mol. The number of unbranched alkanes of at least 4 members (excludes halogenated alkanes) is 21. The lowest BCUT2D eigenvalue weighted by atomic mass is 9.80. The first-order valence-corrected chi connectivity index (χ1v) is 35.3. The van der Waals surface area contributed by atoms with Crippen molar-refractivity contribution >= 4 is 41.6 Å². The number of hydrogen-bond acceptors (Lipinski definition) is 11. The Kier molecular flexibility index (Phi) is 50.2. The SMILES string of the molecule is C=C(CCCCCC/C=C/C(CCCCCCCC)C(CC(=O)O)C(=C)O)OC(CC)COC(=O)CCCCCCC/C=C\C/C=C\C=C\C(CC)C1CC(=O)OC1=O.CCCCCC(/C=C/C=C\CCCCCCCC(=O)C1CCC1)C(CC(=O)O)C(=O)O. The first-order chi connectivity index (χ1) is 43.5. The van der Waals surface area contributed by atoms with Crippen molar-refractivity contribution in [1.29, 1.82) is 0 Å². The van der Waals surface area contributed by atoms with E-state index in [1.807, 2.05) is 50.3 Å². The smallest absolute Gasteiger partial charge is 0.317 e. The summed E-state index contributed by atoms with van der Waals surface area (Å²) in [5, 5.41) is 38.0. The van der Waals surface area contributed by atoms with Gasteiger partial charge in [-0.2, -0.15) is 0 Å². The molecule has 0 radical (unpaired) electrons. The fraction of sp³-hybridized carbons (Fsp3) is 0.697. The number of carboxylic acid groups (broad SMARTS) is 3. The Morgan fingerprint density at radius 1 is 0.556 bits per heavy atom. The molecule has 7 atom stereocenters. The average Bonchev–Trinajstić information content (AvgIpc) is 2.20. The van der Waals surface area contributed by atoms with E-state index < -0.39 is 41.7 Å². The standard InChI is InChI=1S/C50H80O9.C26H42O5/c1-6-9-10-11-23-29-34-43(45(41(5)51)37-47(52)53)35-30-25-21-20-22-27-32-40(4)58-44(8-3)39-57-48(54)36-31-26-19-17-15-13-12-14-16-18-24-28-33-42(7-2)46-38-49(55)59-50(46)56;1-2-3-11-15-21(23(26(30)31)20-25(28)29)16-12-9-7-5-4-6-8-10-13-19-24(27)22-17-14-18-22/h12,14,18,24,28,30,33,35,42-46,51H,4-11,13,15-17,19-23,25-27,29,31-32,34,36-39H2,1-3H3,(H,52,53);7,9,12,16,21-23H,2-6,8,10-11,13-15,17-20H2,1H3,(H,28,29)(H,30,31)/b14-12-,24-18-,33-28+,35-30+;9-7-,16-12+. The molecule has 0 amide bonds. The minimum atomic E-state index is -1.07. The summed E-state index contributed by atoms with van der Waals surface area (Å²) in [6.45, 7) is 16.3. The van der Waals surface area contributed by atoms with Crippen LogP contribution in [0.4, 0.5) is 0 Å². The summed E-state index contributed by atoms with van der Waals surface area (Å²) < 4.78 is 16.2. The van der Waals surface area contributed by atoms with Gasteiger partial charge in [0.1, 0.15) is 18.5 Å². The van der Waals surface area contributed by atoms with E-state index in [-0.39, 0.29) is 67.4 Å². The summed E-state index contributed by atoms with van der Waals surface area (Å²) in [5.74, 6) is -4.43. The van der Waals surface area contributed by atoms with Crippen molar-refractivity contribution in [3.63, 3.8) is 0 Å². The van der Waals surface area contributed by atoms with Crippen LogP contribution in [0.15, 0.2) is 97.6 Å². The van der Waals surface area contributed by atoms with Gasteiger partial charge in [-0.1, -0.05) is 229 Å². The quantitative estimate of drug-likeness (QED) is 0.0111. The zero-order valence-electron chi connectivity index (χ0n) is 56.3. The van der Waals surface area contributed by atoms with Crippen LogP contribution in [0.1, 0.15) is 285 Å². The van der Waals surface area contributed by atoms with Crippen LogP contribution in [0.3, 0.4) is 0 Å². The summed E-state index contributed by atoms with van der Waals surface area (Å²) in [4.78, 5) is 81.4. The van der Waals surface area contributed by atoms with Crippen LogP contribution in [0.2, 0.25) is 0 Å². The summed E-state index contributed by atoms with van der Waals surface area (Å²) >= 11 is 0. The largest absolute Gasteiger partial charge is 0.513 e. The molecule has 0 aromatic heterocycles. The molecule has 2 aliphatic rings. The molecule has 1 saturated heterocycles. The molecule has 90 heavy (non-hydrogen) atoms. The van der Waals surface area contributed by atoms with Crippen LogP contribution < -0.4 is 0 Å². The van der Waals surface area contributed by atoms with Crippen molar-refractivity contribution in [2.24, 2.45) is 41.4 Å². The molecule has 2 rings (SSSR count). The number of ether oxygens (including phenoxy) is 3. The molecule has 1 heterocycles. The molecule has 1 aliphatic heterocycles. The molecular formula is C76H122O14. The Balaban J connectivity index is 0.00000109. The van der Waals surface area contributed by atoms with E-state index in [4.69, 9.17) is 14.6 Å². The summed E-state index contributed by atoms with van der Waals surface area (Å²) in [7, 11) is 0. The maximum absolute atomic E-state index is 12.3. The van der Waals surface area contributed by atoms with Crippen LogP contribution in [0.5, 0.6) is 0 Å². The van der Waals surface area contributed by atoms with Gasteiger partial charge in [-0.25, -0.2) is 0 Å². The van der Waals surface area contributed by atoms with E-state index in [9.17, 15) is 48.9 Å². The lowest BCUT2D eigenvalue weighted by molar-refractivity contribution is -0.153. The maximum atomic E-state index is 12.3. The Morgan fingerprint density at radius 3 is 1.64 bits per heavy atom. The summed E-state index contributed by atoms with van der Waals surface area (Å²) in [5.41, 5.74) is 0. The number of esters is 3. The van der Waals surface area contributed by atoms with Gasteiger partial charge in [-0.3, -0.25) is 33.6 Å². The fourth-order valence-electron chi connectivity index (χ4n) is 11.5. The van der Waals surface area contributed by atoms with Crippen LogP contribution in [0.25, 0.3) is 0 Å². The minimum Gasteiger partial charge on any atom is -0.513 e. The third kappa shape index (κ3) is 43.1. The highest BCUT2D eigenvalue weighted by Gasteiger charge is 2.37. The molecule has 7 unspecified atom stereocenters. The third-order valence-electron chi connectivity index (χ3n) is 17.4. The number of cyclic esters (lactones) is 2. The van der Waals surface area contributed by atoms with Crippen LogP contribution >= 0.6 is 0 Å². The summed E-state index contributed by atoms with van der Waals surface area (Å²) in [6.07, 6.45) is 61.1. The lowest BCUT2D eigenvalue weighted by Crippen LogP contribution is -2.25. The molecular weight excluding hydrogens is 1140 g/mol. The number of Topliss-reactive ketones (excluding diaryl/α,β-unsaturated/α-hetero) is 1. The molecule has 0 aromatic rings. The number of aliphatic hydroxyl groups excluding tert-OH is 1. The number of allylic oxidation sites excluding steroid dienone is 14. The Labute approximate surface area is 543 Å². The lowest BCUT2D eigenvalue weighted by Gasteiger charge is -2.23. The molecule has 14 nitrogen and oxygen atoms in total.